The Morgan fingerprint density at radius 3 is 2.59 bits per heavy atom. The van der Waals surface area contributed by atoms with E-state index in [9.17, 15) is 14.4 Å². The number of pyridine rings is 1. The second-order valence-electron chi connectivity index (χ2n) is 7.48. The van der Waals surface area contributed by atoms with Gasteiger partial charge in [0.15, 0.2) is 5.75 Å². The van der Waals surface area contributed by atoms with Gasteiger partial charge in [-0.25, -0.2) is 14.0 Å². The summed E-state index contributed by atoms with van der Waals surface area (Å²) in [5.74, 6) is -0.934. The van der Waals surface area contributed by atoms with Crippen LogP contribution in [0.3, 0.4) is 0 Å². The molecule has 2 amide bonds. The number of hydrogen-bond donors (Lipinski definition) is 2. The van der Waals surface area contributed by atoms with Crippen molar-refractivity contribution in [3.8, 4) is 5.75 Å². The van der Waals surface area contributed by atoms with Crippen LogP contribution in [0.2, 0.25) is 0 Å². The maximum Gasteiger partial charge on any atom is 0.511 e. The molecule has 1 aliphatic heterocycles. The molecule has 3 N–H and O–H groups in total. The molecule has 154 valence electrons. The quantitative estimate of drug-likeness (QED) is 0.757. The number of carboxylic acid groups (broad SMARTS) is 1. The molecule has 1 saturated heterocycles. The van der Waals surface area contributed by atoms with Crippen molar-refractivity contribution in [1.82, 2.24) is 9.47 Å². The van der Waals surface area contributed by atoms with E-state index in [-0.39, 0.29) is 23.2 Å². The largest absolute Gasteiger partial charge is 0.511 e. The average molecular weight is 404 g/mol. The first kappa shape index (κ1) is 19.0. The Balaban J connectivity index is 1.81. The number of primary amides is 1. The minimum absolute atomic E-state index is 0.0697. The van der Waals surface area contributed by atoms with Gasteiger partial charge < -0.3 is 29.9 Å². The van der Waals surface area contributed by atoms with E-state index >= 15 is 4.39 Å². The van der Waals surface area contributed by atoms with Crippen LogP contribution in [-0.4, -0.2) is 52.4 Å². The van der Waals surface area contributed by atoms with Crippen LogP contribution in [0.4, 0.5) is 19.7 Å². The minimum Gasteiger partial charge on any atom is -0.449 e. The van der Waals surface area contributed by atoms with Gasteiger partial charge in [0.1, 0.15) is 5.82 Å². The van der Waals surface area contributed by atoms with Crippen molar-refractivity contribution in [2.24, 2.45) is 5.73 Å². The summed E-state index contributed by atoms with van der Waals surface area (Å²) in [6.07, 6.45) is 1.55. The molecular formula is C19H21FN4O5. The van der Waals surface area contributed by atoms with Crippen LogP contribution in [0, 0.1) is 5.82 Å². The molecule has 0 spiro atoms. The lowest BCUT2D eigenvalue weighted by molar-refractivity contribution is 0.143. The van der Waals surface area contributed by atoms with Gasteiger partial charge in [-0.3, -0.25) is 4.79 Å². The third-order valence-electron chi connectivity index (χ3n) is 5.45. The Bertz CT molecular complexity index is 1060. The highest BCUT2D eigenvalue weighted by molar-refractivity contribution is 5.85. The summed E-state index contributed by atoms with van der Waals surface area (Å²) in [6, 6.07) is 2.18. The molecule has 1 unspecified atom stereocenters. The molecule has 4 rings (SSSR count). The monoisotopic (exact) mass is 404 g/mol. The maximum atomic E-state index is 15.0. The van der Waals surface area contributed by atoms with Crippen molar-refractivity contribution in [3.05, 3.63) is 34.4 Å². The Morgan fingerprint density at radius 2 is 2.00 bits per heavy atom. The van der Waals surface area contributed by atoms with Gasteiger partial charge in [0.05, 0.1) is 22.8 Å². The van der Waals surface area contributed by atoms with E-state index in [0.29, 0.717) is 30.8 Å². The highest BCUT2D eigenvalue weighted by Crippen LogP contribution is 2.39. The van der Waals surface area contributed by atoms with Gasteiger partial charge >= 0.3 is 12.2 Å². The number of benzene rings is 1. The van der Waals surface area contributed by atoms with Crippen molar-refractivity contribution in [2.45, 2.75) is 31.8 Å². The first-order valence-corrected chi connectivity index (χ1v) is 9.36. The van der Waals surface area contributed by atoms with Gasteiger partial charge in [-0.2, -0.15) is 0 Å². The molecule has 10 heteroatoms. The fraction of sp³-hybridized carbons (Fsp3) is 0.421. The van der Waals surface area contributed by atoms with Crippen molar-refractivity contribution in [2.75, 3.05) is 24.5 Å². The van der Waals surface area contributed by atoms with Gasteiger partial charge in [-0.1, -0.05) is 0 Å². The SMILES string of the molecule is CC1CN(C(N)=O)CCN1c1cc2c(cc1F)c(=O)c(OC(=O)O)cn2C1CC1. The number of amides is 2. The van der Waals surface area contributed by atoms with Gasteiger partial charge in [-0.05, 0) is 31.9 Å². The lowest BCUT2D eigenvalue weighted by Crippen LogP contribution is -2.55. The number of carbonyl (C=O) groups excluding carboxylic acids is 1. The Hall–Kier alpha value is -3.30. The number of halogens is 1. The summed E-state index contributed by atoms with van der Waals surface area (Å²) in [7, 11) is 0. The van der Waals surface area contributed by atoms with E-state index in [2.05, 4.69) is 4.74 Å². The zero-order chi connectivity index (χ0) is 20.9. The zero-order valence-electron chi connectivity index (χ0n) is 15.8. The number of piperazine rings is 1. The molecular weight excluding hydrogens is 383 g/mol. The van der Waals surface area contributed by atoms with Crippen molar-refractivity contribution in [3.63, 3.8) is 0 Å². The van der Waals surface area contributed by atoms with Crippen molar-refractivity contribution >= 4 is 28.8 Å². The van der Waals surface area contributed by atoms with Gasteiger partial charge in [0, 0.05) is 31.7 Å². The van der Waals surface area contributed by atoms with Crippen LogP contribution in [-0.2, 0) is 0 Å². The highest BCUT2D eigenvalue weighted by Gasteiger charge is 2.30. The number of hydrogen-bond acceptors (Lipinski definition) is 5. The van der Waals surface area contributed by atoms with E-state index in [1.807, 2.05) is 11.8 Å². The summed E-state index contributed by atoms with van der Waals surface area (Å²) in [5.41, 5.74) is 5.53. The fourth-order valence-corrected chi connectivity index (χ4v) is 3.89. The number of nitrogens with zero attached hydrogens (tertiary/aromatic N) is 3. The van der Waals surface area contributed by atoms with E-state index in [1.165, 1.54) is 11.1 Å². The smallest absolute Gasteiger partial charge is 0.449 e. The normalized spacial score (nSPS) is 19.4. The van der Waals surface area contributed by atoms with Crippen LogP contribution < -0.4 is 20.8 Å². The summed E-state index contributed by atoms with van der Waals surface area (Å²) in [4.78, 5) is 38.3. The lowest BCUT2D eigenvalue weighted by atomic mass is 10.1. The van der Waals surface area contributed by atoms with Crippen LogP contribution >= 0.6 is 0 Å². The zero-order valence-corrected chi connectivity index (χ0v) is 15.8. The first-order valence-electron chi connectivity index (χ1n) is 9.36. The number of rotatable bonds is 3. The van der Waals surface area contributed by atoms with E-state index < -0.39 is 23.4 Å². The topological polar surface area (TPSA) is 118 Å². The molecule has 0 bridgehead atoms. The summed E-state index contributed by atoms with van der Waals surface area (Å²) in [5, 5.41) is 8.95. The Kier molecular flexibility index (Phi) is 4.56. The molecule has 9 nitrogen and oxygen atoms in total. The Morgan fingerprint density at radius 1 is 1.28 bits per heavy atom. The van der Waals surface area contributed by atoms with E-state index in [0.717, 1.165) is 18.9 Å². The molecule has 2 fully saturated rings. The molecule has 2 aromatic rings. The lowest BCUT2D eigenvalue weighted by Gasteiger charge is -2.40. The van der Waals surface area contributed by atoms with Gasteiger partial charge in [0.25, 0.3) is 0 Å². The number of fused-ring (bicyclic) bond motifs is 1. The van der Waals surface area contributed by atoms with Crippen LogP contribution in [0.15, 0.2) is 23.1 Å². The molecule has 1 saturated carbocycles. The number of aromatic nitrogens is 1. The molecule has 1 aromatic carbocycles. The number of anilines is 1. The minimum atomic E-state index is -1.60. The standard InChI is InChI=1S/C19H21FN4O5/c1-10-8-22(18(21)26)4-5-23(10)15-7-14-12(6-13(15)20)17(25)16(29-19(27)28)9-24(14)11-2-3-11/h6-7,9-11H,2-5,8H2,1H3,(H2,21,26)(H,27,28). The van der Waals surface area contributed by atoms with Crippen LogP contribution in [0.5, 0.6) is 5.75 Å². The third-order valence-corrected chi connectivity index (χ3v) is 5.45. The maximum absolute atomic E-state index is 15.0. The second kappa shape index (κ2) is 6.94. The Labute approximate surface area is 165 Å². The second-order valence-corrected chi connectivity index (χ2v) is 7.48. The molecule has 2 heterocycles. The summed E-state index contributed by atoms with van der Waals surface area (Å²) >= 11 is 0. The predicted molar refractivity (Wildman–Crippen MR) is 103 cm³/mol. The number of nitrogens with two attached hydrogens (primary N) is 1. The summed E-state index contributed by atoms with van der Waals surface area (Å²) in [6.45, 7) is 3.02. The third kappa shape index (κ3) is 3.45. The van der Waals surface area contributed by atoms with E-state index in [4.69, 9.17) is 10.8 Å². The summed E-state index contributed by atoms with van der Waals surface area (Å²) < 4.78 is 21.4. The molecule has 1 aliphatic carbocycles. The first-order chi connectivity index (χ1) is 13.8. The molecule has 29 heavy (non-hydrogen) atoms. The van der Waals surface area contributed by atoms with Gasteiger partial charge in [-0.15, -0.1) is 0 Å². The van der Waals surface area contributed by atoms with Crippen LogP contribution in [0.1, 0.15) is 25.8 Å². The van der Waals surface area contributed by atoms with Crippen LogP contribution in [0.25, 0.3) is 10.9 Å². The molecule has 0 radical (unpaired) electrons. The number of carbonyl (C=O) groups is 2. The predicted octanol–water partition coefficient (Wildman–Crippen LogP) is 2.12. The molecule has 2 aliphatic rings. The fourth-order valence-electron chi connectivity index (χ4n) is 3.89. The molecule has 1 atom stereocenters. The van der Waals surface area contributed by atoms with Crippen molar-refractivity contribution in [1.29, 1.82) is 0 Å². The van der Waals surface area contributed by atoms with Gasteiger partial charge in [0.2, 0.25) is 5.43 Å². The number of ether oxygens (including phenoxy) is 1. The molecule has 1 aromatic heterocycles. The number of urea groups is 1. The van der Waals surface area contributed by atoms with Crippen molar-refractivity contribution < 1.29 is 23.8 Å². The van der Waals surface area contributed by atoms with E-state index in [1.54, 1.807) is 10.6 Å². The highest BCUT2D eigenvalue weighted by atomic mass is 19.1. The average Bonchev–Trinajstić information content (AvgIpc) is 3.49.